The molecule has 0 aliphatic carbocycles. The molecule has 0 spiro atoms. The fraction of sp³-hybridized carbons (Fsp3) is 0.241. The van der Waals surface area contributed by atoms with Gasteiger partial charge in [-0.2, -0.15) is 20.5 Å². The molecule has 5 rings (SSSR count). The van der Waals surface area contributed by atoms with Gasteiger partial charge in [0.2, 0.25) is 17.6 Å². The molecule has 4 aromatic rings. The summed E-state index contributed by atoms with van der Waals surface area (Å²) >= 11 is 0. The minimum Gasteiger partial charge on any atom is -0.493 e. The lowest BCUT2D eigenvalue weighted by Gasteiger charge is -2.24. The van der Waals surface area contributed by atoms with Crippen molar-refractivity contribution in [2.45, 2.75) is 18.9 Å². The van der Waals surface area contributed by atoms with Crippen LogP contribution in [0, 0.1) is 22.7 Å². The monoisotopic (exact) mass is 522 g/mol. The predicted molar refractivity (Wildman–Crippen MR) is 146 cm³/mol. The Kier molecular flexibility index (Phi) is 7.58. The number of nitriles is 2. The summed E-state index contributed by atoms with van der Waals surface area (Å²) < 4.78 is 23.2. The normalized spacial score (nSPS) is 13.2. The van der Waals surface area contributed by atoms with Gasteiger partial charge in [0.25, 0.3) is 0 Å². The zero-order valence-corrected chi connectivity index (χ0v) is 21.5. The quantitative estimate of drug-likeness (QED) is 0.305. The first-order valence-electron chi connectivity index (χ1n) is 12.4. The maximum atomic E-state index is 9.32. The van der Waals surface area contributed by atoms with Crippen molar-refractivity contribution in [3.8, 4) is 35.3 Å². The van der Waals surface area contributed by atoms with Gasteiger partial charge in [0.05, 0.1) is 37.5 Å². The molecule has 0 atom stereocenters. The molecule has 2 heterocycles. The zero-order valence-electron chi connectivity index (χ0n) is 21.5. The third kappa shape index (κ3) is 5.77. The van der Waals surface area contributed by atoms with Crippen molar-refractivity contribution >= 4 is 28.2 Å². The van der Waals surface area contributed by atoms with Gasteiger partial charge in [0, 0.05) is 36.4 Å². The highest BCUT2D eigenvalue weighted by Crippen LogP contribution is 2.45. The first kappa shape index (κ1) is 25.6. The molecule has 10 heteroatoms. The smallest absolute Gasteiger partial charge is 0.232 e. The Labute approximate surface area is 225 Å². The Hall–Kier alpha value is -5.06. The first-order valence-corrected chi connectivity index (χ1v) is 12.4. The van der Waals surface area contributed by atoms with Crippen molar-refractivity contribution in [1.82, 2.24) is 9.97 Å². The van der Waals surface area contributed by atoms with Gasteiger partial charge in [-0.25, -0.2) is 0 Å². The van der Waals surface area contributed by atoms with Crippen LogP contribution in [0.25, 0.3) is 10.8 Å². The van der Waals surface area contributed by atoms with E-state index in [1.807, 2.05) is 6.07 Å². The largest absolute Gasteiger partial charge is 0.493 e. The number of hydrogen-bond acceptors (Lipinski definition) is 10. The number of nitrogens with zero attached hydrogens (tertiary/aromatic N) is 4. The minimum absolute atomic E-state index is 0.198. The van der Waals surface area contributed by atoms with E-state index in [0.29, 0.717) is 53.4 Å². The van der Waals surface area contributed by atoms with E-state index in [0.717, 1.165) is 29.3 Å². The van der Waals surface area contributed by atoms with Gasteiger partial charge in [-0.15, -0.1) is 0 Å². The van der Waals surface area contributed by atoms with Crippen LogP contribution in [0.2, 0.25) is 0 Å². The van der Waals surface area contributed by atoms with E-state index in [1.54, 1.807) is 55.6 Å². The molecule has 196 valence electrons. The Balaban J connectivity index is 1.54. The number of nitrogens with one attached hydrogen (secondary N) is 2. The van der Waals surface area contributed by atoms with Crippen LogP contribution in [0.4, 0.5) is 17.5 Å². The fourth-order valence-corrected chi connectivity index (χ4v) is 4.37. The molecule has 1 saturated heterocycles. The van der Waals surface area contributed by atoms with Crippen LogP contribution in [0.15, 0.2) is 54.6 Å². The van der Waals surface area contributed by atoms with Crippen LogP contribution in [-0.2, 0) is 4.74 Å². The number of aromatic nitrogens is 2. The summed E-state index contributed by atoms with van der Waals surface area (Å²) in [5.41, 5.74) is 1.80. The highest BCUT2D eigenvalue weighted by molar-refractivity contribution is 5.94. The Bertz CT molecular complexity index is 1570. The van der Waals surface area contributed by atoms with Gasteiger partial charge in [0.1, 0.15) is 5.82 Å². The molecule has 0 saturated carbocycles. The summed E-state index contributed by atoms with van der Waals surface area (Å²) in [4.78, 5) is 9.24. The molecule has 2 N–H and O–H groups in total. The number of ether oxygens (including phenoxy) is 4. The topological polar surface area (TPSA) is 134 Å². The maximum Gasteiger partial charge on any atom is 0.232 e. The van der Waals surface area contributed by atoms with Crippen molar-refractivity contribution in [2.75, 3.05) is 38.1 Å². The SMILES string of the molecule is COc1cc2cc(C#N)ccc2c(OC)c1Oc1cc(NC2CCOCC2)nc(Nc2ccc(C#N)cc2)n1. The van der Waals surface area contributed by atoms with Crippen LogP contribution in [0.3, 0.4) is 0 Å². The summed E-state index contributed by atoms with van der Waals surface area (Å²) in [7, 11) is 3.09. The Morgan fingerprint density at radius 2 is 1.62 bits per heavy atom. The minimum atomic E-state index is 0.198. The second-order valence-electron chi connectivity index (χ2n) is 8.85. The van der Waals surface area contributed by atoms with Gasteiger partial charge >= 0.3 is 0 Å². The molecular formula is C29H26N6O4. The van der Waals surface area contributed by atoms with Gasteiger partial charge in [-0.3, -0.25) is 0 Å². The highest BCUT2D eigenvalue weighted by Gasteiger charge is 2.21. The average molecular weight is 523 g/mol. The first-order chi connectivity index (χ1) is 19.1. The summed E-state index contributed by atoms with van der Waals surface area (Å²) in [6.45, 7) is 1.36. The van der Waals surface area contributed by atoms with Crippen LogP contribution < -0.4 is 24.8 Å². The zero-order chi connectivity index (χ0) is 27.2. The van der Waals surface area contributed by atoms with Gasteiger partial charge < -0.3 is 29.6 Å². The number of hydrogen-bond donors (Lipinski definition) is 2. The van der Waals surface area contributed by atoms with Gasteiger partial charge in [-0.1, -0.05) is 0 Å². The maximum absolute atomic E-state index is 9.32. The molecule has 0 bridgehead atoms. The lowest BCUT2D eigenvalue weighted by Crippen LogP contribution is -2.28. The molecule has 3 aromatic carbocycles. The number of rotatable bonds is 8. The molecular weight excluding hydrogens is 496 g/mol. The van der Waals surface area contributed by atoms with Crippen LogP contribution >= 0.6 is 0 Å². The lowest BCUT2D eigenvalue weighted by atomic mass is 10.1. The van der Waals surface area contributed by atoms with Crippen molar-refractivity contribution in [3.63, 3.8) is 0 Å². The molecule has 1 aliphatic heterocycles. The van der Waals surface area contributed by atoms with E-state index in [-0.39, 0.29) is 11.9 Å². The van der Waals surface area contributed by atoms with Crippen LogP contribution in [0.1, 0.15) is 24.0 Å². The van der Waals surface area contributed by atoms with Crippen molar-refractivity contribution < 1.29 is 18.9 Å². The molecule has 0 unspecified atom stereocenters. The second-order valence-corrected chi connectivity index (χ2v) is 8.85. The summed E-state index contributed by atoms with van der Waals surface area (Å²) in [5.74, 6) is 2.38. The molecule has 0 amide bonds. The van der Waals surface area contributed by atoms with Crippen LogP contribution in [-0.4, -0.2) is 43.4 Å². The summed E-state index contributed by atoms with van der Waals surface area (Å²) in [6.07, 6.45) is 1.71. The molecule has 39 heavy (non-hydrogen) atoms. The number of fused-ring (bicyclic) bond motifs is 1. The van der Waals surface area contributed by atoms with Crippen molar-refractivity contribution in [3.05, 3.63) is 65.7 Å². The fourth-order valence-electron chi connectivity index (χ4n) is 4.37. The summed E-state index contributed by atoms with van der Waals surface area (Å²) in [6, 6.07) is 20.3. The van der Waals surface area contributed by atoms with E-state index in [2.05, 4.69) is 32.7 Å². The van der Waals surface area contributed by atoms with Crippen LogP contribution in [0.5, 0.6) is 23.1 Å². The predicted octanol–water partition coefficient (Wildman–Crippen LogP) is 5.52. The van der Waals surface area contributed by atoms with E-state index < -0.39 is 0 Å². The molecule has 1 aliphatic rings. The third-order valence-electron chi connectivity index (χ3n) is 6.32. The molecule has 1 aromatic heterocycles. The average Bonchev–Trinajstić information content (AvgIpc) is 2.97. The molecule has 10 nitrogen and oxygen atoms in total. The number of methoxy groups -OCH3 is 2. The van der Waals surface area contributed by atoms with E-state index in [4.69, 9.17) is 24.2 Å². The van der Waals surface area contributed by atoms with E-state index >= 15 is 0 Å². The molecule has 1 fully saturated rings. The molecule has 0 radical (unpaired) electrons. The van der Waals surface area contributed by atoms with E-state index in [1.165, 1.54) is 7.11 Å². The lowest BCUT2D eigenvalue weighted by molar-refractivity contribution is 0.0904. The summed E-state index contributed by atoms with van der Waals surface area (Å²) in [5, 5.41) is 26.6. The van der Waals surface area contributed by atoms with Crippen molar-refractivity contribution in [2.24, 2.45) is 0 Å². The van der Waals surface area contributed by atoms with Crippen molar-refractivity contribution in [1.29, 1.82) is 10.5 Å². The van der Waals surface area contributed by atoms with E-state index in [9.17, 15) is 5.26 Å². The highest BCUT2D eigenvalue weighted by atomic mass is 16.5. The third-order valence-corrected chi connectivity index (χ3v) is 6.32. The number of anilines is 3. The standard InChI is InChI=1S/C29H26N6O4/c1-36-24-14-20-13-19(17-31)5-8-23(20)27(37-2)28(24)39-26-15-25(32-22-9-11-38-12-10-22)34-29(35-26)33-21-6-3-18(16-30)4-7-21/h3-8,13-15,22H,9-12H2,1-2H3,(H2,32,33,34,35). The Morgan fingerprint density at radius 3 is 2.31 bits per heavy atom. The van der Waals surface area contributed by atoms with Gasteiger partial charge in [-0.05, 0) is 66.8 Å². The number of benzene rings is 3. The van der Waals surface area contributed by atoms with Gasteiger partial charge in [0.15, 0.2) is 11.5 Å². The Morgan fingerprint density at radius 1 is 0.872 bits per heavy atom. The second kappa shape index (κ2) is 11.5.